The van der Waals surface area contributed by atoms with Crippen molar-refractivity contribution in [3.05, 3.63) is 226 Å². The molecule has 0 radical (unpaired) electrons. The molecule has 1 unspecified atom stereocenters. The second kappa shape index (κ2) is 16.7. The number of carbonyl (C=O) groups is 2. The maximum atomic E-state index is 14.0. The van der Waals surface area contributed by atoms with Gasteiger partial charge in [-0.3, -0.25) is 0 Å². The second-order valence-electron chi connectivity index (χ2n) is 12.3. The third-order valence-electron chi connectivity index (χ3n) is 8.87. The molecule has 266 valence electrons. The highest BCUT2D eigenvalue weighted by atomic mass is 32.1. The predicted molar refractivity (Wildman–Crippen MR) is 210 cm³/mol. The van der Waals surface area contributed by atoms with Crippen molar-refractivity contribution in [2.24, 2.45) is 5.16 Å². The summed E-state index contributed by atoms with van der Waals surface area (Å²) >= 11 is 1.23. The first-order valence-electron chi connectivity index (χ1n) is 17.3. The van der Waals surface area contributed by atoms with E-state index in [1.807, 2.05) is 152 Å². The van der Waals surface area contributed by atoms with E-state index in [1.54, 1.807) is 35.7 Å². The Labute approximate surface area is 317 Å². The molecule has 0 saturated heterocycles. The van der Waals surface area contributed by atoms with E-state index < -0.39 is 35.4 Å². The van der Waals surface area contributed by atoms with Gasteiger partial charge in [-0.2, -0.15) is 0 Å². The molecule has 0 amide bonds. The fourth-order valence-corrected chi connectivity index (χ4v) is 7.06. The lowest BCUT2D eigenvalue weighted by atomic mass is 9.77. The number of aliphatic carboxylic acids is 1. The van der Waals surface area contributed by atoms with Gasteiger partial charge in [-0.05, 0) is 27.8 Å². The van der Waals surface area contributed by atoms with Crippen LogP contribution >= 0.6 is 11.3 Å². The van der Waals surface area contributed by atoms with Crippen LogP contribution in [0.1, 0.15) is 51.3 Å². The molecule has 1 atom stereocenters. The van der Waals surface area contributed by atoms with Gasteiger partial charge in [-0.25, -0.2) is 14.6 Å². The monoisotopic (exact) mass is 729 g/mol. The zero-order valence-electron chi connectivity index (χ0n) is 28.9. The topological polar surface area (TPSA) is 110 Å². The Bertz CT molecular complexity index is 2170. The van der Waals surface area contributed by atoms with E-state index >= 15 is 0 Å². The number of thiazole rings is 1. The van der Waals surface area contributed by atoms with Crippen LogP contribution in [0, 0.1) is 0 Å². The first kappa shape index (κ1) is 35.6. The summed E-state index contributed by atoms with van der Waals surface area (Å²) in [5.74, 6) is -2.12. The molecule has 8 nitrogen and oxygen atoms in total. The summed E-state index contributed by atoms with van der Waals surface area (Å²) in [6.45, 7) is 0. The van der Waals surface area contributed by atoms with Crippen LogP contribution < -0.4 is 5.32 Å². The Morgan fingerprint density at radius 1 is 0.611 bits per heavy atom. The fraction of sp³-hybridized carbons (Fsp3) is 0.0667. The molecule has 0 fully saturated rings. The number of nitrogens with one attached hydrogen (secondary N) is 1. The molecule has 9 heteroatoms. The summed E-state index contributed by atoms with van der Waals surface area (Å²) in [6.07, 6.45) is -2.13. The van der Waals surface area contributed by atoms with Crippen LogP contribution in [-0.4, -0.2) is 27.7 Å². The summed E-state index contributed by atoms with van der Waals surface area (Å²) in [6, 6.07) is 57.5. The third-order valence-corrected chi connectivity index (χ3v) is 9.63. The maximum Gasteiger partial charge on any atom is 0.360 e. The van der Waals surface area contributed by atoms with Crippen LogP contribution in [0.2, 0.25) is 0 Å². The molecule has 1 heterocycles. The number of carboxylic acid groups (broad SMARTS) is 1. The number of benzene rings is 6. The Balaban J connectivity index is 1.22. The summed E-state index contributed by atoms with van der Waals surface area (Å²) in [4.78, 5) is 37.3. The van der Waals surface area contributed by atoms with Crippen molar-refractivity contribution >= 4 is 34.1 Å². The molecule has 7 aromatic rings. The molecular formula is C45H35N3O5S. The molecule has 1 aromatic heterocycles. The summed E-state index contributed by atoms with van der Waals surface area (Å²) in [5.41, 5.74) is 3.55. The molecule has 0 aliphatic heterocycles. The molecule has 2 N–H and O–H groups in total. The van der Waals surface area contributed by atoms with Crippen molar-refractivity contribution in [1.29, 1.82) is 0 Å². The predicted octanol–water partition coefficient (Wildman–Crippen LogP) is 9.43. The molecule has 0 bridgehead atoms. The Morgan fingerprint density at radius 3 is 1.44 bits per heavy atom. The molecule has 0 spiro atoms. The number of oxime groups is 1. The summed E-state index contributed by atoms with van der Waals surface area (Å²) < 4.78 is 6.12. The minimum absolute atomic E-state index is 0.0599. The standard InChI is InChI=1S/C45H35N3O5S/c49-42(50)39(48-53-41(34-23-11-3-12-24-34)43(51)52-40(32-19-7-1-8-20-32)33-21-9-2-10-22-33)38-31-54-44(46-38)47-45(35-25-13-4-14-26-35,36-27-15-5-16-28-36)37-29-17-6-18-30-37/h1-31,40-41H,(H,46,47)(H,49,50). The van der Waals surface area contributed by atoms with Crippen LogP contribution in [0.15, 0.2) is 193 Å². The van der Waals surface area contributed by atoms with Crippen molar-refractivity contribution in [3.63, 3.8) is 0 Å². The minimum atomic E-state index is -1.38. The number of anilines is 1. The average Bonchev–Trinajstić information content (AvgIpc) is 3.70. The lowest BCUT2D eigenvalue weighted by Crippen LogP contribution is -2.38. The number of carboxylic acids is 1. The van der Waals surface area contributed by atoms with Crippen molar-refractivity contribution in [1.82, 2.24) is 4.98 Å². The van der Waals surface area contributed by atoms with Gasteiger partial charge in [0.25, 0.3) is 0 Å². The van der Waals surface area contributed by atoms with Gasteiger partial charge in [0, 0.05) is 10.9 Å². The van der Waals surface area contributed by atoms with E-state index in [2.05, 4.69) is 10.5 Å². The van der Waals surface area contributed by atoms with Crippen LogP contribution in [-0.2, 0) is 24.7 Å². The van der Waals surface area contributed by atoms with Gasteiger partial charge in [0.15, 0.2) is 11.2 Å². The van der Waals surface area contributed by atoms with Gasteiger partial charge in [-0.15, -0.1) is 11.3 Å². The number of hydrogen-bond acceptors (Lipinski definition) is 8. The Hall–Kier alpha value is -6.84. The van der Waals surface area contributed by atoms with Crippen molar-refractivity contribution < 1.29 is 24.3 Å². The highest BCUT2D eigenvalue weighted by Crippen LogP contribution is 2.40. The van der Waals surface area contributed by atoms with Crippen LogP contribution in [0.4, 0.5) is 5.13 Å². The van der Waals surface area contributed by atoms with Crippen LogP contribution in [0.3, 0.4) is 0 Å². The molecule has 0 saturated carbocycles. The van der Waals surface area contributed by atoms with Gasteiger partial charge in [0.1, 0.15) is 11.2 Å². The van der Waals surface area contributed by atoms with E-state index in [-0.39, 0.29) is 5.69 Å². The summed E-state index contributed by atoms with van der Waals surface area (Å²) in [5, 5.41) is 20.2. The maximum absolute atomic E-state index is 14.0. The average molecular weight is 730 g/mol. The molecular weight excluding hydrogens is 695 g/mol. The lowest BCUT2D eigenvalue weighted by Gasteiger charge is -2.36. The second-order valence-corrected chi connectivity index (χ2v) is 13.1. The van der Waals surface area contributed by atoms with Gasteiger partial charge in [0.2, 0.25) is 11.8 Å². The highest BCUT2D eigenvalue weighted by Gasteiger charge is 2.37. The third kappa shape index (κ3) is 7.81. The smallest absolute Gasteiger partial charge is 0.360 e. The van der Waals surface area contributed by atoms with Crippen molar-refractivity contribution in [2.45, 2.75) is 17.7 Å². The Kier molecular flexibility index (Phi) is 11.0. The number of ether oxygens (including phenoxy) is 1. The van der Waals surface area contributed by atoms with Gasteiger partial charge in [-0.1, -0.05) is 187 Å². The van der Waals surface area contributed by atoms with Gasteiger partial charge in [0.05, 0.1) is 0 Å². The van der Waals surface area contributed by atoms with Gasteiger partial charge < -0.3 is 20.0 Å². The van der Waals surface area contributed by atoms with Crippen LogP contribution in [0.25, 0.3) is 0 Å². The minimum Gasteiger partial charge on any atom is -0.476 e. The van der Waals surface area contributed by atoms with Gasteiger partial charge >= 0.3 is 11.9 Å². The normalized spacial score (nSPS) is 12.1. The molecule has 54 heavy (non-hydrogen) atoms. The molecule has 0 aliphatic rings. The molecule has 0 aliphatic carbocycles. The zero-order valence-corrected chi connectivity index (χ0v) is 29.8. The number of aromatic nitrogens is 1. The van der Waals surface area contributed by atoms with E-state index in [4.69, 9.17) is 14.6 Å². The molecule has 6 aromatic carbocycles. The first-order chi connectivity index (χ1) is 26.5. The largest absolute Gasteiger partial charge is 0.476 e. The van der Waals surface area contributed by atoms with E-state index in [0.29, 0.717) is 10.7 Å². The fourth-order valence-electron chi connectivity index (χ4n) is 6.31. The first-order valence-corrected chi connectivity index (χ1v) is 18.1. The lowest BCUT2D eigenvalue weighted by molar-refractivity contribution is -0.162. The van der Waals surface area contributed by atoms with Crippen molar-refractivity contribution in [3.8, 4) is 0 Å². The van der Waals surface area contributed by atoms with Crippen LogP contribution in [0.5, 0.6) is 0 Å². The van der Waals surface area contributed by atoms with Crippen molar-refractivity contribution in [2.75, 3.05) is 5.32 Å². The van der Waals surface area contributed by atoms with E-state index in [9.17, 15) is 14.7 Å². The van der Waals surface area contributed by atoms with E-state index in [0.717, 1.165) is 27.8 Å². The Morgan fingerprint density at radius 2 is 1.02 bits per heavy atom. The number of esters is 1. The number of hydrogen-bond donors (Lipinski definition) is 2. The zero-order chi connectivity index (χ0) is 37.2. The quantitative estimate of drug-likeness (QED) is 0.0497. The number of rotatable bonds is 14. The number of carbonyl (C=O) groups excluding carboxylic acids is 1. The highest BCUT2D eigenvalue weighted by molar-refractivity contribution is 7.14. The molecule has 7 rings (SSSR count). The SMILES string of the molecule is O=C(O)C(=NOC(C(=O)OC(c1ccccc1)c1ccccc1)c1ccccc1)c1csc(NC(c2ccccc2)(c2ccccc2)c2ccccc2)n1. The number of nitrogens with zero attached hydrogens (tertiary/aromatic N) is 2. The van der Waals surface area contributed by atoms with E-state index in [1.165, 1.54) is 11.3 Å². The summed E-state index contributed by atoms with van der Waals surface area (Å²) in [7, 11) is 0.